The predicted molar refractivity (Wildman–Crippen MR) is 115 cm³/mol. The van der Waals surface area contributed by atoms with Crippen molar-refractivity contribution < 1.29 is 9.18 Å². The summed E-state index contributed by atoms with van der Waals surface area (Å²) >= 11 is 0. The maximum atomic E-state index is 13.4. The second kappa shape index (κ2) is 10.0. The average Bonchev–Trinajstić information content (AvgIpc) is 2.65. The van der Waals surface area contributed by atoms with Crippen LogP contribution in [0, 0.1) is 18.7 Å². The molecule has 0 aliphatic heterocycles. The first-order valence-corrected chi connectivity index (χ1v) is 10.2. The Morgan fingerprint density at radius 2 is 1.97 bits per heavy atom. The van der Waals surface area contributed by atoms with Crippen LogP contribution in [0.25, 0.3) is 0 Å². The van der Waals surface area contributed by atoms with Crippen LogP contribution in [0.1, 0.15) is 42.9 Å². The molecule has 0 heterocycles. The van der Waals surface area contributed by atoms with Gasteiger partial charge in [0.1, 0.15) is 5.82 Å². The standard InChI is InChI=1S/C23H29FN4O/c1-3-25-23(27-15-18-10-11-21(24)16(2)12-18)26-14-17-6-4-9-20(13-17)28-22(29)19-7-5-8-19/h4,6,9-13,19H,3,5,7-8,14-15H2,1-2H3,(H,28,29)(H2,25,26,27). The Morgan fingerprint density at radius 1 is 1.14 bits per heavy atom. The minimum absolute atomic E-state index is 0.112. The van der Waals surface area contributed by atoms with Crippen LogP contribution in [0.3, 0.4) is 0 Å². The molecule has 29 heavy (non-hydrogen) atoms. The molecule has 0 atom stereocenters. The smallest absolute Gasteiger partial charge is 0.227 e. The van der Waals surface area contributed by atoms with Crippen molar-refractivity contribution in [2.24, 2.45) is 10.9 Å². The first-order valence-electron chi connectivity index (χ1n) is 10.2. The van der Waals surface area contributed by atoms with Gasteiger partial charge in [-0.15, -0.1) is 0 Å². The van der Waals surface area contributed by atoms with Gasteiger partial charge in [0.05, 0.1) is 6.54 Å². The third-order valence-corrected chi connectivity index (χ3v) is 5.12. The zero-order chi connectivity index (χ0) is 20.6. The van der Waals surface area contributed by atoms with Crippen LogP contribution < -0.4 is 16.0 Å². The topological polar surface area (TPSA) is 65.5 Å². The van der Waals surface area contributed by atoms with Gasteiger partial charge in [-0.25, -0.2) is 9.38 Å². The molecular formula is C23H29FN4O. The van der Waals surface area contributed by atoms with E-state index in [4.69, 9.17) is 0 Å². The molecule has 1 fully saturated rings. The lowest BCUT2D eigenvalue weighted by Gasteiger charge is -2.24. The molecule has 5 nitrogen and oxygen atoms in total. The summed E-state index contributed by atoms with van der Waals surface area (Å²) in [6, 6.07) is 12.9. The summed E-state index contributed by atoms with van der Waals surface area (Å²) in [4.78, 5) is 16.8. The average molecular weight is 397 g/mol. The molecule has 1 saturated carbocycles. The van der Waals surface area contributed by atoms with Crippen LogP contribution in [0.5, 0.6) is 0 Å². The Kier molecular flexibility index (Phi) is 7.22. The molecule has 154 valence electrons. The van der Waals surface area contributed by atoms with Gasteiger partial charge in [0.15, 0.2) is 5.96 Å². The number of nitrogens with zero attached hydrogens (tertiary/aromatic N) is 1. The molecule has 3 N–H and O–H groups in total. The molecule has 0 aromatic heterocycles. The van der Waals surface area contributed by atoms with Crippen molar-refractivity contribution in [3.05, 3.63) is 65.0 Å². The number of aryl methyl sites for hydroxylation is 1. The molecule has 0 radical (unpaired) electrons. The number of hydrogen-bond donors (Lipinski definition) is 3. The number of aliphatic imine (C=N–C) groups is 1. The summed E-state index contributed by atoms with van der Waals surface area (Å²) in [6.07, 6.45) is 3.12. The third kappa shape index (κ3) is 6.04. The van der Waals surface area contributed by atoms with E-state index in [1.54, 1.807) is 13.0 Å². The van der Waals surface area contributed by atoms with Crippen LogP contribution in [0.4, 0.5) is 10.1 Å². The lowest BCUT2D eigenvalue weighted by molar-refractivity contribution is -0.122. The van der Waals surface area contributed by atoms with Gasteiger partial charge in [-0.3, -0.25) is 4.79 Å². The van der Waals surface area contributed by atoms with Gasteiger partial charge in [-0.2, -0.15) is 0 Å². The van der Waals surface area contributed by atoms with Crippen LogP contribution in [-0.4, -0.2) is 18.4 Å². The van der Waals surface area contributed by atoms with Gasteiger partial charge >= 0.3 is 0 Å². The van der Waals surface area contributed by atoms with Crippen molar-refractivity contribution in [1.82, 2.24) is 10.6 Å². The van der Waals surface area contributed by atoms with E-state index in [2.05, 4.69) is 20.9 Å². The number of anilines is 1. The number of halogens is 1. The highest BCUT2D eigenvalue weighted by molar-refractivity contribution is 5.93. The molecule has 0 spiro atoms. The van der Waals surface area contributed by atoms with E-state index in [1.165, 1.54) is 6.07 Å². The number of rotatable bonds is 7. The Balaban J connectivity index is 1.59. The second-order valence-corrected chi connectivity index (χ2v) is 7.45. The van der Waals surface area contributed by atoms with E-state index in [1.807, 2.05) is 37.3 Å². The summed E-state index contributed by atoms with van der Waals surface area (Å²) < 4.78 is 13.4. The Bertz CT molecular complexity index is 877. The highest BCUT2D eigenvalue weighted by Gasteiger charge is 2.25. The largest absolute Gasteiger partial charge is 0.357 e. The van der Waals surface area contributed by atoms with Crippen molar-refractivity contribution in [2.75, 3.05) is 11.9 Å². The minimum Gasteiger partial charge on any atom is -0.357 e. The number of amides is 1. The molecule has 3 rings (SSSR count). The number of carbonyl (C=O) groups is 1. The summed E-state index contributed by atoms with van der Waals surface area (Å²) in [5.41, 5.74) is 3.46. The maximum Gasteiger partial charge on any atom is 0.227 e. The van der Waals surface area contributed by atoms with Crippen molar-refractivity contribution in [1.29, 1.82) is 0 Å². The number of benzene rings is 2. The third-order valence-electron chi connectivity index (χ3n) is 5.12. The fraction of sp³-hybridized carbons (Fsp3) is 0.391. The van der Waals surface area contributed by atoms with Crippen molar-refractivity contribution in [3.8, 4) is 0 Å². The Hall–Kier alpha value is -2.89. The molecule has 0 saturated heterocycles. The van der Waals surface area contributed by atoms with Crippen LogP contribution in [-0.2, 0) is 17.9 Å². The Morgan fingerprint density at radius 3 is 2.66 bits per heavy atom. The van der Waals surface area contributed by atoms with E-state index >= 15 is 0 Å². The van der Waals surface area contributed by atoms with Crippen molar-refractivity contribution >= 4 is 17.6 Å². The van der Waals surface area contributed by atoms with E-state index in [0.29, 0.717) is 24.6 Å². The molecule has 6 heteroatoms. The number of hydrogen-bond acceptors (Lipinski definition) is 2. The van der Waals surface area contributed by atoms with Gasteiger partial charge in [0.25, 0.3) is 0 Å². The van der Waals surface area contributed by atoms with Crippen molar-refractivity contribution in [2.45, 2.75) is 46.2 Å². The van der Waals surface area contributed by atoms with Gasteiger partial charge in [0, 0.05) is 24.7 Å². The summed E-state index contributed by atoms with van der Waals surface area (Å²) in [5.74, 6) is 0.773. The zero-order valence-electron chi connectivity index (χ0n) is 17.1. The normalized spacial score (nSPS) is 14.2. The fourth-order valence-corrected chi connectivity index (χ4v) is 3.18. The Labute approximate surface area is 171 Å². The maximum absolute atomic E-state index is 13.4. The van der Waals surface area contributed by atoms with Gasteiger partial charge in [-0.1, -0.05) is 30.7 Å². The number of carbonyl (C=O) groups excluding carboxylic acids is 1. The lowest BCUT2D eigenvalue weighted by Crippen LogP contribution is -2.36. The minimum atomic E-state index is -0.196. The summed E-state index contributed by atoms with van der Waals surface area (Å²) in [5, 5.41) is 9.50. The zero-order valence-corrected chi connectivity index (χ0v) is 17.1. The van der Waals surface area contributed by atoms with Crippen LogP contribution >= 0.6 is 0 Å². The van der Waals surface area contributed by atoms with E-state index in [-0.39, 0.29) is 17.6 Å². The molecule has 2 aromatic carbocycles. The van der Waals surface area contributed by atoms with Crippen molar-refractivity contribution in [3.63, 3.8) is 0 Å². The van der Waals surface area contributed by atoms with Gasteiger partial charge in [-0.05, 0) is 61.6 Å². The van der Waals surface area contributed by atoms with Gasteiger partial charge in [0.2, 0.25) is 5.91 Å². The number of nitrogens with one attached hydrogen (secondary N) is 3. The highest BCUT2D eigenvalue weighted by Crippen LogP contribution is 2.27. The predicted octanol–water partition coefficient (Wildman–Crippen LogP) is 4.13. The first kappa shape index (κ1) is 20.8. The lowest BCUT2D eigenvalue weighted by atomic mass is 9.85. The second-order valence-electron chi connectivity index (χ2n) is 7.45. The highest BCUT2D eigenvalue weighted by atomic mass is 19.1. The summed E-state index contributed by atoms with van der Waals surface area (Å²) in [7, 11) is 0. The molecule has 1 amide bonds. The monoisotopic (exact) mass is 396 g/mol. The van der Waals surface area contributed by atoms with Gasteiger partial charge < -0.3 is 16.0 Å². The fourth-order valence-electron chi connectivity index (χ4n) is 3.18. The molecule has 1 aliphatic carbocycles. The van der Waals surface area contributed by atoms with Crippen LogP contribution in [0.15, 0.2) is 47.5 Å². The number of guanidine groups is 1. The first-order chi connectivity index (χ1) is 14.0. The summed E-state index contributed by atoms with van der Waals surface area (Å²) in [6.45, 7) is 5.56. The molecule has 0 unspecified atom stereocenters. The molecule has 2 aromatic rings. The van der Waals surface area contributed by atoms with E-state index in [0.717, 1.165) is 42.6 Å². The van der Waals surface area contributed by atoms with E-state index in [9.17, 15) is 9.18 Å². The van der Waals surface area contributed by atoms with Crippen LogP contribution in [0.2, 0.25) is 0 Å². The van der Waals surface area contributed by atoms with E-state index < -0.39 is 0 Å². The molecular weight excluding hydrogens is 367 g/mol. The quantitative estimate of drug-likeness (QED) is 0.487. The SMILES string of the molecule is CCNC(=NCc1cccc(NC(=O)C2CCC2)c1)NCc1ccc(F)c(C)c1. The molecule has 1 aliphatic rings. The molecule has 0 bridgehead atoms.